The first kappa shape index (κ1) is 20.8. The smallest absolute Gasteiger partial charge is 0.313 e. The van der Waals surface area contributed by atoms with Crippen molar-refractivity contribution in [3.63, 3.8) is 0 Å². The fourth-order valence-electron chi connectivity index (χ4n) is 5.04. The third-order valence-corrected chi connectivity index (χ3v) is 7.37. The van der Waals surface area contributed by atoms with Gasteiger partial charge >= 0.3 is 5.97 Å². The number of carbonyl (C=O) groups excluding carboxylic acids is 1. The molecule has 164 valence electrons. The van der Waals surface area contributed by atoms with E-state index < -0.39 is 5.97 Å². The van der Waals surface area contributed by atoms with E-state index in [1.165, 1.54) is 0 Å². The highest BCUT2D eigenvalue weighted by Gasteiger charge is 2.36. The van der Waals surface area contributed by atoms with Gasteiger partial charge in [0.2, 0.25) is 5.91 Å². The minimum Gasteiger partial charge on any atom is -0.481 e. The molecule has 7 heteroatoms. The van der Waals surface area contributed by atoms with Crippen LogP contribution in [0.5, 0.6) is 0 Å². The van der Waals surface area contributed by atoms with Crippen LogP contribution in [-0.4, -0.2) is 51.0 Å². The fourth-order valence-corrected chi connectivity index (χ4v) is 5.68. The monoisotopic (exact) mass is 448 g/mol. The summed E-state index contributed by atoms with van der Waals surface area (Å²) in [6.07, 6.45) is 0.973. The minimum absolute atomic E-state index is 0.0190. The van der Waals surface area contributed by atoms with Crippen molar-refractivity contribution in [3.05, 3.63) is 70.6 Å². The molecule has 2 aliphatic rings. The molecule has 2 bridgehead atoms. The molecule has 6 nitrogen and oxygen atoms in total. The van der Waals surface area contributed by atoms with Gasteiger partial charge < -0.3 is 14.6 Å². The van der Waals surface area contributed by atoms with Gasteiger partial charge in [-0.2, -0.15) is 0 Å². The zero-order valence-corrected chi connectivity index (χ0v) is 18.4. The summed E-state index contributed by atoms with van der Waals surface area (Å²) in [4.78, 5) is 38.6. The molecule has 0 saturated carbocycles. The molecule has 0 spiro atoms. The molecule has 1 amide bonds. The summed E-state index contributed by atoms with van der Waals surface area (Å²) in [5.41, 5.74) is 2.65. The van der Waals surface area contributed by atoms with Crippen molar-refractivity contribution in [1.29, 1.82) is 0 Å². The molecule has 32 heavy (non-hydrogen) atoms. The zero-order chi connectivity index (χ0) is 22.2. The van der Waals surface area contributed by atoms with Gasteiger partial charge in [0, 0.05) is 36.8 Å². The van der Waals surface area contributed by atoms with Crippen LogP contribution in [0.3, 0.4) is 0 Å². The van der Waals surface area contributed by atoms with Gasteiger partial charge in [0.05, 0.1) is 11.5 Å². The van der Waals surface area contributed by atoms with Crippen LogP contribution < -0.4 is 5.56 Å². The summed E-state index contributed by atoms with van der Waals surface area (Å²) in [6, 6.07) is 18.2. The molecule has 1 N–H and O–H groups in total. The highest BCUT2D eigenvalue weighted by atomic mass is 32.2. The van der Waals surface area contributed by atoms with Crippen molar-refractivity contribution in [2.45, 2.75) is 18.9 Å². The Kier molecular flexibility index (Phi) is 5.51. The molecule has 2 unspecified atom stereocenters. The maximum Gasteiger partial charge on any atom is 0.313 e. The number of piperidine rings is 1. The van der Waals surface area contributed by atoms with E-state index in [2.05, 4.69) is 24.3 Å². The lowest BCUT2D eigenvalue weighted by Gasteiger charge is -2.43. The molecule has 3 heterocycles. The zero-order valence-electron chi connectivity index (χ0n) is 17.6. The maximum atomic E-state index is 13.4. The van der Waals surface area contributed by atoms with Crippen molar-refractivity contribution >= 4 is 34.4 Å². The number of aliphatic carboxylic acids is 1. The van der Waals surface area contributed by atoms with Gasteiger partial charge in [0.15, 0.2) is 0 Å². The maximum absolute atomic E-state index is 13.4. The lowest BCUT2D eigenvalue weighted by atomic mass is 9.82. The van der Waals surface area contributed by atoms with Crippen LogP contribution in [0.25, 0.3) is 21.9 Å². The second-order valence-corrected chi connectivity index (χ2v) is 9.62. The summed E-state index contributed by atoms with van der Waals surface area (Å²) in [6.45, 7) is 1.81. The van der Waals surface area contributed by atoms with Gasteiger partial charge in [0.25, 0.3) is 5.56 Å². The predicted molar refractivity (Wildman–Crippen MR) is 126 cm³/mol. The van der Waals surface area contributed by atoms with E-state index in [1.807, 2.05) is 39.8 Å². The number of nitrogens with zero attached hydrogens (tertiary/aromatic N) is 2. The van der Waals surface area contributed by atoms with E-state index in [0.717, 1.165) is 40.2 Å². The largest absolute Gasteiger partial charge is 0.481 e. The Labute approximate surface area is 189 Å². The van der Waals surface area contributed by atoms with Crippen LogP contribution >= 0.6 is 11.8 Å². The summed E-state index contributed by atoms with van der Waals surface area (Å²) in [7, 11) is 0. The van der Waals surface area contributed by atoms with Gasteiger partial charge in [0.1, 0.15) is 0 Å². The summed E-state index contributed by atoms with van der Waals surface area (Å²) >= 11 is 1.13. The molecule has 1 aromatic heterocycles. The van der Waals surface area contributed by atoms with Crippen LogP contribution in [0.1, 0.15) is 18.0 Å². The Bertz CT molecular complexity index is 1270. The van der Waals surface area contributed by atoms with Gasteiger partial charge in [-0.25, -0.2) is 0 Å². The molecule has 3 aromatic rings. The SMILES string of the molecule is O=C(O)CSCC(=O)N1CC2CC(C1)c1ccc(-c3ccc4ccccc4c3)c(=O)n1C2. The fraction of sp³-hybridized carbons (Fsp3) is 0.320. The van der Waals surface area contributed by atoms with Gasteiger partial charge in [-0.3, -0.25) is 14.4 Å². The molecule has 0 aliphatic carbocycles. The summed E-state index contributed by atoms with van der Waals surface area (Å²) in [5, 5.41) is 11.0. The number of carboxylic acid groups (broad SMARTS) is 1. The Morgan fingerprint density at radius 3 is 2.59 bits per heavy atom. The van der Waals surface area contributed by atoms with E-state index in [1.54, 1.807) is 0 Å². The van der Waals surface area contributed by atoms with Crippen molar-refractivity contribution in [2.75, 3.05) is 24.6 Å². The topological polar surface area (TPSA) is 79.6 Å². The minimum atomic E-state index is -0.908. The first-order chi connectivity index (χ1) is 15.5. The quantitative estimate of drug-likeness (QED) is 0.647. The van der Waals surface area contributed by atoms with Crippen LogP contribution in [0, 0.1) is 5.92 Å². The number of aromatic nitrogens is 1. The molecule has 2 aliphatic heterocycles. The number of carbonyl (C=O) groups is 2. The van der Waals surface area contributed by atoms with Crippen LogP contribution in [0.2, 0.25) is 0 Å². The van der Waals surface area contributed by atoms with Gasteiger partial charge in [-0.05, 0) is 46.9 Å². The number of pyridine rings is 1. The van der Waals surface area contributed by atoms with E-state index in [4.69, 9.17) is 5.11 Å². The molecule has 5 rings (SSSR count). The lowest BCUT2D eigenvalue weighted by molar-refractivity contribution is -0.133. The number of hydrogen-bond donors (Lipinski definition) is 1. The number of hydrogen-bond acceptors (Lipinski definition) is 4. The van der Waals surface area contributed by atoms with Gasteiger partial charge in [-0.15, -0.1) is 11.8 Å². The standard InChI is InChI=1S/C25H24N2O4S/c28-23(14-32-15-24(29)30)26-11-16-9-20(13-26)22-8-7-21(25(31)27(22)12-16)19-6-5-17-3-1-2-4-18(17)10-19/h1-8,10,16,20H,9,11-15H2,(H,29,30). The third-order valence-electron chi connectivity index (χ3n) is 6.47. The predicted octanol–water partition coefficient (Wildman–Crippen LogP) is 3.43. The number of carboxylic acids is 1. The third kappa shape index (κ3) is 3.93. The molecular formula is C25H24N2O4S. The molecule has 1 fully saturated rings. The average Bonchev–Trinajstić information content (AvgIpc) is 2.79. The van der Waals surface area contributed by atoms with E-state index >= 15 is 0 Å². The Balaban J connectivity index is 1.40. The lowest BCUT2D eigenvalue weighted by Crippen LogP contribution is -2.49. The Morgan fingerprint density at radius 2 is 1.78 bits per heavy atom. The summed E-state index contributed by atoms with van der Waals surface area (Å²) in [5.74, 6) is -0.446. The second kappa shape index (κ2) is 8.47. The molecule has 1 saturated heterocycles. The summed E-state index contributed by atoms with van der Waals surface area (Å²) < 4.78 is 1.91. The molecule has 2 atom stereocenters. The van der Waals surface area contributed by atoms with Crippen molar-refractivity contribution in [1.82, 2.24) is 9.47 Å². The number of amides is 1. The van der Waals surface area contributed by atoms with Crippen LogP contribution in [0.4, 0.5) is 0 Å². The van der Waals surface area contributed by atoms with E-state index in [0.29, 0.717) is 25.2 Å². The Hall–Kier alpha value is -3.06. The van der Waals surface area contributed by atoms with E-state index in [-0.39, 0.29) is 34.8 Å². The van der Waals surface area contributed by atoms with Gasteiger partial charge in [-0.1, -0.05) is 36.4 Å². The number of thioether (sulfide) groups is 1. The first-order valence-corrected chi connectivity index (χ1v) is 12.0. The van der Waals surface area contributed by atoms with Crippen molar-refractivity contribution < 1.29 is 14.7 Å². The second-order valence-electron chi connectivity index (χ2n) is 8.63. The highest BCUT2D eigenvalue weighted by molar-refractivity contribution is 8.00. The number of benzene rings is 2. The Morgan fingerprint density at radius 1 is 0.969 bits per heavy atom. The molecule has 0 radical (unpaired) electrons. The normalized spacial score (nSPS) is 19.6. The first-order valence-electron chi connectivity index (χ1n) is 10.8. The van der Waals surface area contributed by atoms with Crippen molar-refractivity contribution in [2.24, 2.45) is 5.92 Å². The molecular weight excluding hydrogens is 424 g/mol. The van der Waals surface area contributed by atoms with E-state index in [9.17, 15) is 14.4 Å². The van der Waals surface area contributed by atoms with Crippen LogP contribution in [0.15, 0.2) is 59.4 Å². The highest BCUT2D eigenvalue weighted by Crippen LogP contribution is 2.36. The molecule has 2 aromatic carbocycles. The number of likely N-dealkylation sites (tertiary alicyclic amines) is 1. The van der Waals surface area contributed by atoms with Crippen LogP contribution in [-0.2, 0) is 16.1 Å². The van der Waals surface area contributed by atoms with Crippen molar-refractivity contribution in [3.8, 4) is 11.1 Å². The number of fused-ring (bicyclic) bond motifs is 5. The number of rotatable bonds is 5. The average molecular weight is 449 g/mol.